The number of nitrogens with one attached hydrogen (secondary N) is 1. The van der Waals surface area contributed by atoms with Crippen LogP contribution in [0.1, 0.15) is 64.5 Å². The van der Waals surface area contributed by atoms with Crippen molar-refractivity contribution in [1.82, 2.24) is 10.2 Å². The molecule has 6 heteroatoms. The maximum absolute atomic E-state index is 13.3. The lowest BCUT2D eigenvalue weighted by molar-refractivity contribution is -0.143. The third kappa shape index (κ3) is 7.36. The van der Waals surface area contributed by atoms with Crippen molar-refractivity contribution in [3.8, 4) is 5.75 Å². The first-order chi connectivity index (χ1) is 15.2. The normalized spacial score (nSPS) is 12.8. The van der Waals surface area contributed by atoms with Crippen LogP contribution in [0.3, 0.4) is 0 Å². The Kier molecular flexibility index (Phi) is 9.69. The highest BCUT2D eigenvalue weighted by Gasteiger charge is 2.29. The standard InChI is InChI=1S/C26H35FN2O3/c1-6-19(5)28-26(31)24(7-2)29(16-20-8-12-22(27)13-9-20)25(30)17-32-23-14-10-21(11-15-23)18(3)4/h8-15,18-19,24H,6-7,16-17H2,1-5H3,(H,28,31)/t19-,24+/m1/s1. The van der Waals surface area contributed by atoms with E-state index in [-0.39, 0.29) is 36.8 Å². The average Bonchev–Trinajstić information content (AvgIpc) is 2.78. The summed E-state index contributed by atoms with van der Waals surface area (Å²) in [5.41, 5.74) is 1.94. The molecule has 0 bridgehead atoms. The van der Waals surface area contributed by atoms with E-state index < -0.39 is 6.04 Å². The Morgan fingerprint density at radius 3 is 2.12 bits per heavy atom. The summed E-state index contributed by atoms with van der Waals surface area (Å²) in [7, 11) is 0. The number of carbonyl (C=O) groups excluding carboxylic acids is 2. The van der Waals surface area contributed by atoms with Crippen LogP contribution in [0.2, 0.25) is 0 Å². The average molecular weight is 443 g/mol. The first-order valence-electron chi connectivity index (χ1n) is 11.3. The lowest BCUT2D eigenvalue weighted by Crippen LogP contribution is -2.51. The number of amides is 2. The SMILES string of the molecule is CC[C@@H](C)NC(=O)[C@H](CC)N(Cc1ccc(F)cc1)C(=O)COc1ccc(C(C)C)cc1. The lowest BCUT2D eigenvalue weighted by Gasteiger charge is -2.31. The summed E-state index contributed by atoms with van der Waals surface area (Å²) in [6, 6.07) is 13.0. The quantitative estimate of drug-likeness (QED) is 0.530. The minimum absolute atomic E-state index is 0.00930. The Hall–Kier alpha value is -2.89. The van der Waals surface area contributed by atoms with Gasteiger partial charge in [-0.25, -0.2) is 4.39 Å². The van der Waals surface area contributed by atoms with Crippen molar-refractivity contribution < 1.29 is 18.7 Å². The molecule has 0 aliphatic heterocycles. The van der Waals surface area contributed by atoms with Crippen LogP contribution in [0.15, 0.2) is 48.5 Å². The fourth-order valence-electron chi connectivity index (χ4n) is 3.32. The summed E-state index contributed by atoms with van der Waals surface area (Å²) in [4.78, 5) is 27.6. The van der Waals surface area contributed by atoms with Crippen molar-refractivity contribution in [2.75, 3.05) is 6.61 Å². The minimum atomic E-state index is -0.645. The van der Waals surface area contributed by atoms with E-state index in [1.807, 2.05) is 45.0 Å². The van der Waals surface area contributed by atoms with Crippen molar-refractivity contribution in [2.24, 2.45) is 0 Å². The van der Waals surface area contributed by atoms with E-state index in [0.717, 1.165) is 12.0 Å². The minimum Gasteiger partial charge on any atom is -0.484 e. The molecular weight excluding hydrogens is 407 g/mol. The number of ether oxygens (including phenoxy) is 1. The van der Waals surface area contributed by atoms with E-state index in [2.05, 4.69) is 19.2 Å². The molecule has 0 aliphatic carbocycles. The summed E-state index contributed by atoms with van der Waals surface area (Å²) >= 11 is 0. The van der Waals surface area contributed by atoms with Crippen LogP contribution in [-0.4, -0.2) is 35.4 Å². The Balaban J connectivity index is 2.18. The second-order valence-corrected chi connectivity index (χ2v) is 8.40. The molecule has 2 rings (SSSR count). The molecule has 0 aromatic heterocycles. The molecule has 0 heterocycles. The summed E-state index contributed by atoms with van der Waals surface area (Å²) < 4.78 is 19.1. The fourth-order valence-corrected chi connectivity index (χ4v) is 3.32. The fraction of sp³-hybridized carbons (Fsp3) is 0.462. The van der Waals surface area contributed by atoms with E-state index >= 15 is 0 Å². The van der Waals surface area contributed by atoms with Gasteiger partial charge in [-0.2, -0.15) is 0 Å². The van der Waals surface area contributed by atoms with E-state index in [4.69, 9.17) is 4.74 Å². The van der Waals surface area contributed by atoms with Crippen LogP contribution >= 0.6 is 0 Å². The number of carbonyl (C=O) groups is 2. The summed E-state index contributed by atoms with van der Waals surface area (Å²) in [5, 5.41) is 2.97. The second-order valence-electron chi connectivity index (χ2n) is 8.40. The number of halogens is 1. The van der Waals surface area contributed by atoms with Gasteiger partial charge < -0.3 is 15.0 Å². The monoisotopic (exact) mass is 442 g/mol. The van der Waals surface area contributed by atoms with Gasteiger partial charge in [0.1, 0.15) is 17.6 Å². The van der Waals surface area contributed by atoms with Gasteiger partial charge in [0.25, 0.3) is 5.91 Å². The molecule has 5 nitrogen and oxygen atoms in total. The smallest absolute Gasteiger partial charge is 0.261 e. The first-order valence-corrected chi connectivity index (χ1v) is 11.3. The third-order valence-electron chi connectivity index (χ3n) is 5.56. The molecule has 1 N–H and O–H groups in total. The van der Waals surface area contributed by atoms with Gasteiger partial charge in [-0.3, -0.25) is 9.59 Å². The zero-order chi connectivity index (χ0) is 23.7. The predicted octanol–water partition coefficient (Wildman–Crippen LogP) is 5.05. The van der Waals surface area contributed by atoms with Gasteiger partial charge in [0.2, 0.25) is 5.91 Å². The van der Waals surface area contributed by atoms with Crippen molar-refractivity contribution >= 4 is 11.8 Å². The number of nitrogens with zero attached hydrogens (tertiary/aromatic N) is 1. The maximum Gasteiger partial charge on any atom is 0.261 e. The highest BCUT2D eigenvalue weighted by molar-refractivity contribution is 5.88. The maximum atomic E-state index is 13.3. The van der Waals surface area contributed by atoms with E-state index in [0.29, 0.717) is 18.1 Å². The van der Waals surface area contributed by atoms with E-state index in [9.17, 15) is 14.0 Å². The number of hydrogen-bond donors (Lipinski definition) is 1. The van der Waals surface area contributed by atoms with Crippen LogP contribution < -0.4 is 10.1 Å². The Labute approximate surface area is 191 Å². The topological polar surface area (TPSA) is 58.6 Å². The zero-order valence-electron chi connectivity index (χ0n) is 19.7. The molecule has 2 aromatic rings. The molecular formula is C26H35FN2O3. The Morgan fingerprint density at radius 2 is 1.59 bits per heavy atom. The summed E-state index contributed by atoms with van der Waals surface area (Å²) in [6.45, 7) is 10.0. The van der Waals surface area contributed by atoms with E-state index in [1.54, 1.807) is 12.1 Å². The first kappa shape index (κ1) is 25.4. The predicted molar refractivity (Wildman–Crippen MR) is 125 cm³/mol. The Bertz CT molecular complexity index is 866. The largest absolute Gasteiger partial charge is 0.484 e. The number of hydrogen-bond acceptors (Lipinski definition) is 3. The molecule has 0 radical (unpaired) electrons. The Morgan fingerprint density at radius 1 is 0.969 bits per heavy atom. The van der Waals surface area contributed by atoms with Gasteiger partial charge in [-0.15, -0.1) is 0 Å². The van der Waals surface area contributed by atoms with Crippen molar-refractivity contribution in [3.63, 3.8) is 0 Å². The zero-order valence-corrected chi connectivity index (χ0v) is 19.7. The van der Waals surface area contributed by atoms with Crippen LogP contribution in [0.4, 0.5) is 4.39 Å². The van der Waals surface area contributed by atoms with Crippen LogP contribution in [0.5, 0.6) is 5.75 Å². The van der Waals surface area contributed by atoms with Gasteiger partial charge in [0, 0.05) is 12.6 Å². The second kappa shape index (κ2) is 12.2. The van der Waals surface area contributed by atoms with Crippen molar-refractivity contribution in [3.05, 3.63) is 65.5 Å². The van der Waals surface area contributed by atoms with Crippen LogP contribution in [0, 0.1) is 5.82 Å². The summed E-state index contributed by atoms with van der Waals surface area (Å²) in [5.74, 6) is 0.168. The molecule has 2 amide bonds. The van der Waals surface area contributed by atoms with Gasteiger partial charge >= 0.3 is 0 Å². The van der Waals surface area contributed by atoms with Crippen molar-refractivity contribution in [1.29, 1.82) is 0 Å². The molecule has 0 saturated carbocycles. The highest BCUT2D eigenvalue weighted by atomic mass is 19.1. The van der Waals surface area contributed by atoms with Crippen LogP contribution in [0.25, 0.3) is 0 Å². The van der Waals surface area contributed by atoms with Gasteiger partial charge in [-0.1, -0.05) is 52.0 Å². The van der Waals surface area contributed by atoms with Crippen LogP contribution in [-0.2, 0) is 16.1 Å². The highest BCUT2D eigenvalue weighted by Crippen LogP contribution is 2.19. The van der Waals surface area contributed by atoms with Gasteiger partial charge in [0.05, 0.1) is 0 Å². The van der Waals surface area contributed by atoms with Crippen molar-refractivity contribution in [2.45, 2.75) is 72.0 Å². The molecule has 0 unspecified atom stereocenters. The number of benzene rings is 2. The summed E-state index contributed by atoms with van der Waals surface area (Å²) in [6.07, 6.45) is 1.25. The molecule has 0 aliphatic rings. The molecule has 0 fully saturated rings. The lowest BCUT2D eigenvalue weighted by atomic mass is 10.0. The molecule has 2 aromatic carbocycles. The van der Waals surface area contributed by atoms with E-state index in [1.165, 1.54) is 22.6 Å². The molecule has 32 heavy (non-hydrogen) atoms. The molecule has 2 atom stereocenters. The molecule has 174 valence electrons. The molecule has 0 spiro atoms. The van der Waals surface area contributed by atoms with Gasteiger partial charge in [-0.05, 0) is 61.1 Å². The van der Waals surface area contributed by atoms with Gasteiger partial charge in [0.15, 0.2) is 6.61 Å². The molecule has 0 saturated heterocycles. The number of rotatable bonds is 11. The third-order valence-corrected chi connectivity index (χ3v) is 5.56.